The summed E-state index contributed by atoms with van der Waals surface area (Å²) >= 11 is 5.02. The highest BCUT2D eigenvalue weighted by Crippen LogP contribution is 2.38. The summed E-state index contributed by atoms with van der Waals surface area (Å²) < 4.78 is 0.890. The molecule has 2 rings (SSSR count). The Hall–Kier alpha value is -0.480. The van der Waals surface area contributed by atoms with E-state index in [1.165, 1.54) is 0 Å². The van der Waals surface area contributed by atoms with Gasteiger partial charge in [-0.25, -0.2) is 0 Å². The Labute approximate surface area is 120 Å². The summed E-state index contributed by atoms with van der Waals surface area (Å²) in [6.07, 6.45) is 3.78. The molecule has 1 saturated carbocycles. The molecule has 0 radical (unpaired) electrons. The van der Waals surface area contributed by atoms with Gasteiger partial charge in [-0.05, 0) is 53.6 Å². The van der Waals surface area contributed by atoms with E-state index < -0.39 is 5.92 Å². The molecule has 2 nitrogen and oxygen atoms in total. The van der Waals surface area contributed by atoms with Crippen molar-refractivity contribution in [2.45, 2.75) is 39.0 Å². The molecule has 1 aromatic rings. The Morgan fingerprint density at radius 3 is 2.72 bits per heavy atom. The molecule has 3 atom stereocenters. The van der Waals surface area contributed by atoms with Crippen LogP contribution in [0.1, 0.15) is 42.5 Å². The van der Waals surface area contributed by atoms with Crippen LogP contribution in [0.5, 0.6) is 0 Å². The molecule has 0 N–H and O–H groups in total. The largest absolute Gasteiger partial charge is 0.302 e. The normalized spacial score (nSPS) is 25.1. The molecule has 1 aliphatic rings. The molecule has 1 aromatic heterocycles. The van der Waals surface area contributed by atoms with Crippen LogP contribution in [0.25, 0.3) is 0 Å². The minimum absolute atomic E-state index is 0.0707. The van der Waals surface area contributed by atoms with Crippen LogP contribution in [0.3, 0.4) is 0 Å². The van der Waals surface area contributed by atoms with Gasteiger partial charge >= 0.3 is 0 Å². The number of ketones is 1. The first-order valence-electron chi connectivity index (χ1n) is 6.27. The van der Waals surface area contributed by atoms with Gasteiger partial charge in [0.25, 0.3) is 0 Å². The fraction of sp³-hybridized carbons (Fsp3) is 0.571. The standard InChI is InChI=1S/C14H17BrO2S/c1-8-3-4-10(5-8)14(17)11(6-16)13-9(2)18-7-12(13)15/h6-8,10-11H,3-5H2,1-2H3/t8-,10-,11?/m1/s1. The zero-order valence-corrected chi connectivity index (χ0v) is 13.0. The summed E-state index contributed by atoms with van der Waals surface area (Å²) in [6.45, 7) is 4.14. The van der Waals surface area contributed by atoms with Crippen molar-refractivity contribution in [3.63, 3.8) is 0 Å². The molecule has 1 fully saturated rings. The van der Waals surface area contributed by atoms with Crippen LogP contribution in [0, 0.1) is 18.8 Å². The first-order chi connectivity index (χ1) is 8.54. The lowest BCUT2D eigenvalue weighted by Crippen LogP contribution is -2.22. The van der Waals surface area contributed by atoms with Gasteiger partial charge in [0.05, 0.1) is 0 Å². The van der Waals surface area contributed by atoms with Crippen LogP contribution in [0.4, 0.5) is 0 Å². The summed E-state index contributed by atoms with van der Waals surface area (Å²) in [7, 11) is 0. The van der Waals surface area contributed by atoms with Crippen LogP contribution in [-0.4, -0.2) is 12.1 Å². The highest BCUT2D eigenvalue weighted by atomic mass is 79.9. The van der Waals surface area contributed by atoms with E-state index in [9.17, 15) is 9.59 Å². The third-order valence-corrected chi connectivity index (χ3v) is 5.71. The van der Waals surface area contributed by atoms with Crippen LogP contribution in [0.2, 0.25) is 0 Å². The average Bonchev–Trinajstić information content (AvgIpc) is 2.90. The Bertz CT molecular complexity index is 447. The molecular formula is C14H17BrO2S. The van der Waals surface area contributed by atoms with E-state index in [1.54, 1.807) is 11.3 Å². The molecular weight excluding hydrogens is 312 g/mol. The zero-order chi connectivity index (χ0) is 13.3. The molecule has 98 valence electrons. The van der Waals surface area contributed by atoms with Crippen molar-refractivity contribution in [1.29, 1.82) is 0 Å². The van der Waals surface area contributed by atoms with Gasteiger partial charge in [-0.1, -0.05) is 6.92 Å². The number of Topliss-reactive ketones (excluding diaryl/α,β-unsaturated/α-hetero) is 1. The molecule has 0 bridgehead atoms. The van der Waals surface area contributed by atoms with Crippen molar-refractivity contribution < 1.29 is 9.59 Å². The van der Waals surface area contributed by atoms with Crippen molar-refractivity contribution in [2.24, 2.45) is 11.8 Å². The van der Waals surface area contributed by atoms with Crippen molar-refractivity contribution in [2.75, 3.05) is 0 Å². The van der Waals surface area contributed by atoms with Crippen molar-refractivity contribution in [3.8, 4) is 0 Å². The predicted molar refractivity (Wildman–Crippen MR) is 77.1 cm³/mol. The number of rotatable bonds is 4. The van der Waals surface area contributed by atoms with E-state index in [4.69, 9.17) is 0 Å². The number of thiophene rings is 1. The molecule has 18 heavy (non-hydrogen) atoms. The number of carbonyl (C=O) groups is 2. The summed E-state index contributed by atoms with van der Waals surface area (Å²) in [4.78, 5) is 24.9. The topological polar surface area (TPSA) is 34.1 Å². The second-order valence-electron chi connectivity index (χ2n) is 5.18. The van der Waals surface area contributed by atoms with Crippen molar-refractivity contribution in [3.05, 3.63) is 20.3 Å². The minimum Gasteiger partial charge on any atom is -0.302 e. The Morgan fingerprint density at radius 2 is 2.28 bits per heavy atom. The van der Waals surface area contributed by atoms with E-state index in [-0.39, 0.29) is 11.7 Å². The van der Waals surface area contributed by atoms with E-state index in [2.05, 4.69) is 22.9 Å². The lowest BCUT2D eigenvalue weighted by Gasteiger charge is -2.15. The van der Waals surface area contributed by atoms with Crippen LogP contribution < -0.4 is 0 Å². The van der Waals surface area contributed by atoms with Gasteiger partial charge in [-0.3, -0.25) is 4.79 Å². The van der Waals surface area contributed by atoms with E-state index >= 15 is 0 Å². The number of carbonyl (C=O) groups excluding carboxylic acids is 2. The highest BCUT2D eigenvalue weighted by Gasteiger charge is 2.34. The summed E-state index contributed by atoms with van der Waals surface area (Å²) in [5.41, 5.74) is 0.875. The lowest BCUT2D eigenvalue weighted by molar-refractivity contribution is -0.127. The maximum absolute atomic E-state index is 12.5. The summed E-state index contributed by atoms with van der Waals surface area (Å²) in [5.74, 6) is 0.206. The van der Waals surface area contributed by atoms with Crippen molar-refractivity contribution >= 4 is 39.3 Å². The maximum Gasteiger partial charge on any atom is 0.150 e. The average molecular weight is 329 g/mol. The molecule has 1 heterocycles. The first-order valence-corrected chi connectivity index (χ1v) is 7.94. The minimum atomic E-state index is -0.582. The molecule has 1 aliphatic carbocycles. The Balaban J connectivity index is 2.24. The summed E-state index contributed by atoms with van der Waals surface area (Å²) in [6, 6.07) is 0. The fourth-order valence-corrected chi connectivity index (χ4v) is 4.53. The lowest BCUT2D eigenvalue weighted by atomic mass is 9.87. The molecule has 0 amide bonds. The van der Waals surface area contributed by atoms with Gasteiger partial charge in [0.15, 0.2) is 5.78 Å². The van der Waals surface area contributed by atoms with Gasteiger partial charge in [0, 0.05) is 20.6 Å². The Morgan fingerprint density at radius 1 is 1.56 bits per heavy atom. The van der Waals surface area contributed by atoms with E-state index in [0.717, 1.165) is 40.5 Å². The highest BCUT2D eigenvalue weighted by molar-refractivity contribution is 9.10. The molecule has 4 heteroatoms. The zero-order valence-electron chi connectivity index (χ0n) is 10.6. The van der Waals surface area contributed by atoms with Gasteiger partial charge in [-0.2, -0.15) is 0 Å². The van der Waals surface area contributed by atoms with Gasteiger partial charge in [0.2, 0.25) is 0 Å². The van der Waals surface area contributed by atoms with Gasteiger partial charge in [-0.15, -0.1) is 11.3 Å². The van der Waals surface area contributed by atoms with Crippen molar-refractivity contribution in [1.82, 2.24) is 0 Å². The van der Waals surface area contributed by atoms with Gasteiger partial charge in [0.1, 0.15) is 12.2 Å². The number of halogens is 1. The number of aldehydes is 1. The number of hydrogen-bond donors (Lipinski definition) is 0. The number of aryl methyl sites for hydroxylation is 1. The van der Waals surface area contributed by atoms with Gasteiger partial charge < -0.3 is 4.79 Å². The molecule has 0 aliphatic heterocycles. The first kappa shape index (κ1) is 13.9. The second kappa shape index (κ2) is 5.66. The third-order valence-electron chi connectivity index (χ3n) is 3.83. The molecule has 1 unspecified atom stereocenters. The van der Waals surface area contributed by atoms with Crippen LogP contribution >= 0.6 is 27.3 Å². The van der Waals surface area contributed by atoms with Crippen LogP contribution in [-0.2, 0) is 9.59 Å². The molecule has 0 spiro atoms. The molecule has 0 aromatic carbocycles. The van der Waals surface area contributed by atoms with E-state index in [0.29, 0.717) is 5.92 Å². The fourth-order valence-electron chi connectivity index (χ4n) is 2.80. The maximum atomic E-state index is 12.5. The van der Waals surface area contributed by atoms with Crippen LogP contribution in [0.15, 0.2) is 9.85 Å². The number of hydrogen-bond acceptors (Lipinski definition) is 3. The molecule has 0 saturated heterocycles. The predicted octanol–water partition coefficient (Wildman–Crippen LogP) is 4.11. The summed E-state index contributed by atoms with van der Waals surface area (Å²) in [5, 5.41) is 1.95. The smallest absolute Gasteiger partial charge is 0.150 e. The third kappa shape index (κ3) is 2.59. The quantitative estimate of drug-likeness (QED) is 0.615. The van der Waals surface area contributed by atoms with E-state index in [1.807, 2.05) is 12.3 Å². The SMILES string of the molecule is Cc1scc(Br)c1C(C=O)C(=O)[C@@H]1CC[C@@H](C)C1. The second-order valence-corrected chi connectivity index (χ2v) is 7.12. The monoisotopic (exact) mass is 328 g/mol. The Kier molecular flexibility index (Phi) is 4.38.